The highest BCUT2D eigenvalue weighted by molar-refractivity contribution is 5.74. The van der Waals surface area contributed by atoms with E-state index in [1.165, 1.54) is 12.8 Å². The molecule has 0 aliphatic heterocycles. The zero-order valence-electron chi connectivity index (χ0n) is 11.3. The first kappa shape index (κ1) is 14.3. The number of hydrogen-bond donors (Lipinski definition) is 2. The van der Waals surface area contributed by atoms with Crippen LogP contribution in [-0.4, -0.2) is 41.8 Å². The van der Waals surface area contributed by atoms with Gasteiger partial charge in [0.2, 0.25) is 0 Å². The molecule has 1 unspecified atom stereocenters. The maximum Gasteiger partial charge on any atom is 0.317 e. The molecule has 4 nitrogen and oxygen atoms in total. The number of aliphatic hydroxyl groups excluding tert-OH is 1. The quantitative estimate of drug-likeness (QED) is 0.774. The van der Waals surface area contributed by atoms with Crippen molar-refractivity contribution in [2.24, 2.45) is 5.41 Å². The van der Waals surface area contributed by atoms with Gasteiger partial charge in [0.25, 0.3) is 0 Å². The van der Waals surface area contributed by atoms with Gasteiger partial charge in [-0.05, 0) is 24.7 Å². The average molecular weight is 242 g/mol. The molecule has 0 spiro atoms. The van der Waals surface area contributed by atoms with E-state index in [1.54, 1.807) is 4.90 Å². The normalized spacial score (nSPS) is 22.5. The fourth-order valence-electron chi connectivity index (χ4n) is 2.54. The van der Waals surface area contributed by atoms with Crippen molar-refractivity contribution >= 4 is 6.03 Å². The van der Waals surface area contributed by atoms with Crippen LogP contribution >= 0.6 is 0 Å². The summed E-state index contributed by atoms with van der Waals surface area (Å²) in [6.45, 7) is 7.62. The molecule has 1 atom stereocenters. The second-order valence-electron chi connectivity index (χ2n) is 5.59. The third-order valence-corrected chi connectivity index (χ3v) is 3.71. The van der Waals surface area contributed by atoms with Crippen LogP contribution in [0.15, 0.2) is 0 Å². The van der Waals surface area contributed by atoms with Gasteiger partial charge in [-0.3, -0.25) is 0 Å². The molecule has 0 bridgehead atoms. The first-order chi connectivity index (χ1) is 8.01. The maximum atomic E-state index is 12.1. The summed E-state index contributed by atoms with van der Waals surface area (Å²) in [6.07, 6.45) is 4.34. The molecule has 1 saturated carbocycles. The highest BCUT2D eigenvalue weighted by atomic mass is 16.3. The summed E-state index contributed by atoms with van der Waals surface area (Å²) >= 11 is 0. The molecule has 0 saturated heterocycles. The highest BCUT2D eigenvalue weighted by Gasteiger charge is 2.35. The van der Waals surface area contributed by atoms with Crippen LogP contribution < -0.4 is 5.32 Å². The molecule has 0 aromatic carbocycles. The summed E-state index contributed by atoms with van der Waals surface area (Å²) < 4.78 is 0. The number of urea groups is 1. The zero-order valence-corrected chi connectivity index (χ0v) is 11.3. The van der Waals surface area contributed by atoms with Crippen molar-refractivity contribution < 1.29 is 9.90 Å². The van der Waals surface area contributed by atoms with Gasteiger partial charge in [0.1, 0.15) is 0 Å². The van der Waals surface area contributed by atoms with Crippen molar-refractivity contribution in [1.82, 2.24) is 10.2 Å². The highest BCUT2D eigenvalue weighted by Crippen LogP contribution is 2.37. The Balaban J connectivity index is 2.51. The minimum absolute atomic E-state index is 0.0270. The predicted molar refractivity (Wildman–Crippen MR) is 68.9 cm³/mol. The van der Waals surface area contributed by atoms with Gasteiger partial charge < -0.3 is 15.3 Å². The minimum atomic E-state index is -0.0270. The summed E-state index contributed by atoms with van der Waals surface area (Å²) in [5.41, 5.74) is 0.201. The smallest absolute Gasteiger partial charge is 0.317 e. The molecule has 1 aliphatic rings. The van der Waals surface area contributed by atoms with Gasteiger partial charge in [0.05, 0.1) is 6.61 Å². The number of rotatable bonds is 5. The molecular weight excluding hydrogens is 216 g/mol. The lowest BCUT2D eigenvalue weighted by atomic mass is 9.87. The Morgan fingerprint density at radius 3 is 2.65 bits per heavy atom. The Labute approximate surface area is 104 Å². The monoisotopic (exact) mass is 242 g/mol. The molecule has 0 aromatic heterocycles. The van der Waals surface area contributed by atoms with Gasteiger partial charge in [0.15, 0.2) is 0 Å². The van der Waals surface area contributed by atoms with E-state index >= 15 is 0 Å². The number of nitrogens with zero attached hydrogens (tertiary/aromatic N) is 1. The van der Waals surface area contributed by atoms with Crippen LogP contribution in [0, 0.1) is 5.41 Å². The second-order valence-corrected chi connectivity index (χ2v) is 5.59. The number of carbonyl (C=O) groups is 1. The van der Waals surface area contributed by atoms with E-state index in [9.17, 15) is 4.79 Å². The molecule has 100 valence electrons. The molecule has 1 aliphatic carbocycles. The van der Waals surface area contributed by atoms with Crippen LogP contribution in [0.25, 0.3) is 0 Å². The lowest BCUT2D eigenvalue weighted by Gasteiger charge is -2.31. The maximum absolute atomic E-state index is 12.1. The van der Waals surface area contributed by atoms with Crippen molar-refractivity contribution in [2.45, 2.75) is 52.5 Å². The predicted octanol–water partition coefficient (Wildman–Crippen LogP) is 1.98. The summed E-state index contributed by atoms with van der Waals surface area (Å²) in [5.74, 6) is 0. The van der Waals surface area contributed by atoms with E-state index < -0.39 is 0 Å². The van der Waals surface area contributed by atoms with Gasteiger partial charge in [-0.25, -0.2) is 4.79 Å². The molecule has 1 fully saturated rings. The number of nitrogens with one attached hydrogen (secondary N) is 1. The average Bonchev–Trinajstić information content (AvgIpc) is 2.58. The Kier molecular flexibility index (Phi) is 5.25. The summed E-state index contributed by atoms with van der Waals surface area (Å²) in [4.78, 5) is 13.8. The van der Waals surface area contributed by atoms with Crippen molar-refractivity contribution in [3.8, 4) is 0 Å². The van der Waals surface area contributed by atoms with Crippen LogP contribution in [0.2, 0.25) is 0 Å². The first-order valence-corrected chi connectivity index (χ1v) is 6.67. The molecule has 1 rings (SSSR count). The first-order valence-electron chi connectivity index (χ1n) is 6.67. The molecule has 17 heavy (non-hydrogen) atoms. The minimum Gasteiger partial charge on any atom is -0.395 e. The number of hydrogen-bond acceptors (Lipinski definition) is 2. The zero-order chi connectivity index (χ0) is 12.9. The van der Waals surface area contributed by atoms with Gasteiger partial charge in [0, 0.05) is 19.1 Å². The van der Waals surface area contributed by atoms with Crippen molar-refractivity contribution in [3.63, 3.8) is 0 Å². The molecule has 0 heterocycles. The Bertz CT molecular complexity index is 248. The standard InChI is InChI=1S/C13H26N2O2/c1-4-8-15(9-10-16)12(17)14-11-6-5-7-13(11,2)3/h11,16H,4-10H2,1-3H3,(H,14,17). The van der Waals surface area contributed by atoms with Crippen LogP contribution in [0.1, 0.15) is 46.5 Å². The Hall–Kier alpha value is -0.770. The van der Waals surface area contributed by atoms with E-state index in [4.69, 9.17) is 5.11 Å². The lowest BCUT2D eigenvalue weighted by molar-refractivity contribution is 0.166. The van der Waals surface area contributed by atoms with E-state index in [0.29, 0.717) is 13.1 Å². The van der Waals surface area contributed by atoms with E-state index in [0.717, 1.165) is 12.8 Å². The van der Waals surface area contributed by atoms with Crippen LogP contribution in [0.3, 0.4) is 0 Å². The van der Waals surface area contributed by atoms with Gasteiger partial charge in [-0.2, -0.15) is 0 Å². The Morgan fingerprint density at radius 2 is 2.18 bits per heavy atom. The molecular formula is C13H26N2O2. The molecule has 0 radical (unpaired) electrons. The topological polar surface area (TPSA) is 52.6 Å². The fourth-order valence-corrected chi connectivity index (χ4v) is 2.54. The van der Waals surface area contributed by atoms with Crippen molar-refractivity contribution in [1.29, 1.82) is 0 Å². The van der Waals surface area contributed by atoms with Gasteiger partial charge in [-0.1, -0.05) is 27.2 Å². The largest absolute Gasteiger partial charge is 0.395 e. The molecule has 2 amide bonds. The molecule has 0 aromatic rings. The number of aliphatic hydroxyl groups is 1. The van der Waals surface area contributed by atoms with Crippen LogP contribution in [0.4, 0.5) is 4.79 Å². The number of amides is 2. The van der Waals surface area contributed by atoms with Crippen molar-refractivity contribution in [3.05, 3.63) is 0 Å². The van der Waals surface area contributed by atoms with Gasteiger partial charge >= 0.3 is 6.03 Å². The Morgan fingerprint density at radius 1 is 1.47 bits per heavy atom. The van der Waals surface area contributed by atoms with Crippen LogP contribution in [-0.2, 0) is 0 Å². The molecule has 4 heteroatoms. The number of carbonyl (C=O) groups excluding carboxylic acids is 1. The summed E-state index contributed by atoms with van der Waals surface area (Å²) in [7, 11) is 0. The second kappa shape index (κ2) is 6.24. The van der Waals surface area contributed by atoms with E-state index in [1.807, 2.05) is 6.92 Å². The van der Waals surface area contributed by atoms with E-state index in [-0.39, 0.29) is 24.1 Å². The lowest BCUT2D eigenvalue weighted by Crippen LogP contribution is -2.49. The summed E-state index contributed by atoms with van der Waals surface area (Å²) in [6, 6.07) is 0.244. The third-order valence-electron chi connectivity index (χ3n) is 3.71. The fraction of sp³-hybridized carbons (Fsp3) is 0.923. The van der Waals surface area contributed by atoms with Crippen molar-refractivity contribution in [2.75, 3.05) is 19.7 Å². The summed E-state index contributed by atoms with van der Waals surface area (Å²) in [5, 5.41) is 12.1. The third kappa shape index (κ3) is 3.87. The van der Waals surface area contributed by atoms with Gasteiger partial charge in [-0.15, -0.1) is 0 Å². The molecule has 2 N–H and O–H groups in total. The van der Waals surface area contributed by atoms with Crippen LogP contribution in [0.5, 0.6) is 0 Å². The SMILES string of the molecule is CCCN(CCO)C(=O)NC1CCCC1(C)C. The van der Waals surface area contributed by atoms with E-state index in [2.05, 4.69) is 19.2 Å².